The fourth-order valence-electron chi connectivity index (χ4n) is 1.86. The van der Waals surface area contributed by atoms with Crippen LogP contribution in [0.4, 0.5) is 11.4 Å². The molecule has 16 heavy (non-hydrogen) atoms. The molecule has 88 valence electrons. The lowest BCUT2D eigenvalue weighted by Gasteiger charge is -2.24. The summed E-state index contributed by atoms with van der Waals surface area (Å²) in [6.07, 6.45) is 2.44. The summed E-state index contributed by atoms with van der Waals surface area (Å²) in [5, 5.41) is 3.51. The van der Waals surface area contributed by atoms with E-state index in [0.717, 1.165) is 17.1 Å². The average molecular weight is 238 g/mol. The number of nitrogen functional groups attached to an aromatic ring is 1. The van der Waals surface area contributed by atoms with Crippen molar-refractivity contribution in [1.29, 1.82) is 0 Å². The van der Waals surface area contributed by atoms with Crippen molar-refractivity contribution in [2.45, 2.75) is 18.9 Å². The lowest BCUT2D eigenvalue weighted by atomic mass is 10.1. The molecule has 1 aromatic rings. The van der Waals surface area contributed by atoms with Crippen molar-refractivity contribution in [3.8, 4) is 5.75 Å². The zero-order chi connectivity index (χ0) is 11.4. The van der Waals surface area contributed by atoms with Crippen LogP contribution in [0, 0.1) is 0 Å². The predicted molar refractivity (Wildman–Crippen MR) is 71.4 cm³/mol. The molecule has 0 atom stereocenters. The summed E-state index contributed by atoms with van der Waals surface area (Å²) in [5.41, 5.74) is 7.75. The van der Waals surface area contributed by atoms with Crippen molar-refractivity contribution in [1.82, 2.24) is 0 Å². The molecule has 0 saturated carbocycles. The summed E-state index contributed by atoms with van der Waals surface area (Å²) in [4.78, 5) is 0. The van der Waals surface area contributed by atoms with Gasteiger partial charge in [0.25, 0.3) is 0 Å². The fourth-order valence-corrected chi connectivity index (χ4v) is 2.97. The van der Waals surface area contributed by atoms with Gasteiger partial charge in [0.1, 0.15) is 5.75 Å². The number of anilines is 2. The van der Waals surface area contributed by atoms with Crippen LogP contribution in [0.5, 0.6) is 5.75 Å². The number of benzene rings is 1. The maximum absolute atomic E-state index is 5.97. The number of rotatable bonds is 3. The number of nitrogens with two attached hydrogens (primary N) is 1. The second-order valence-electron chi connectivity index (χ2n) is 3.98. The topological polar surface area (TPSA) is 47.3 Å². The summed E-state index contributed by atoms with van der Waals surface area (Å²) < 4.78 is 5.13. The van der Waals surface area contributed by atoms with Gasteiger partial charge in [0.05, 0.1) is 18.5 Å². The molecule has 2 rings (SSSR count). The molecule has 1 aliphatic heterocycles. The van der Waals surface area contributed by atoms with E-state index in [4.69, 9.17) is 10.5 Å². The third-order valence-electron chi connectivity index (χ3n) is 2.84. The number of nitrogens with one attached hydrogen (secondary N) is 1. The first kappa shape index (κ1) is 11.5. The van der Waals surface area contributed by atoms with E-state index in [1.54, 1.807) is 7.11 Å². The predicted octanol–water partition coefficient (Wildman–Crippen LogP) is 2.58. The van der Waals surface area contributed by atoms with Gasteiger partial charge in [-0.2, -0.15) is 11.8 Å². The molecule has 0 spiro atoms. The highest BCUT2D eigenvalue weighted by atomic mass is 32.2. The molecule has 1 fully saturated rings. The molecule has 0 amide bonds. The summed E-state index contributed by atoms with van der Waals surface area (Å²) in [5.74, 6) is 3.30. The monoisotopic (exact) mass is 238 g/mol. The van der Waals surface area contributed by atoms with E-state index in [1.807, 2.05) is 30.0 Å². The Hall–Kier alpha value is -1.03. The number of methoxy groups -OCH3 is 1. The van der Waals surface area contributed by atoms with Crippen LogP contribution in [0.2, 0.25) is 0 Å². The fraction of sp³-hybridized carbons (Fsp3) is 0.500. The Bertz CT molecular complexity index is 351. The molecule has 1 aromatic carbocycles. The molecule has 3 nitrogen and oxygen atoms in total. The van der Waals surface area contributed by atoms with Gasteiger partial charge in [0.2, 0.25) is 0 Å². The van der Waals surface area contributed by atoms with Crippen LogP contribution in [0.15, 0.2) is 18.2 Å². The first-order valence-electron chi connectivity index (χ1n) is 5.57. The van der Waals surface area contributed by atoms with Gasteiger partial charge in [-0.25, -0.2) is 0 Å². The quantitative estimate of drug-likeness (QED) is 0.795. The van der Waals surface area contributed by atoms with Gasteiger partial charge in [-0.05, 0) is 36.5 Å². The van der Waals surface area contributed by atoms with Crippen molar-refractivity contribution < 1.29 is 4.74 Å². The molecule has 3 N–H and O–H groups in total. The minimum atomic E-state index is 0.567. The van der Waals surface area contributed by atoms with Crippen molar-refractivity contribution in [2.75, 3.05) is 29.7 Å². The second-order valence-corrected chi connectivity index (χ2v) is 5.21. The second kappa shape index (κ2) is 5.34. The van der Waals surface area contributed by atoms with Gasteiger partial charge in [0, 0.05) is 12.1 Å². The van der Waals surface area contributed by atoms with Gasteiger partial charge >= 0.3 is 0 Å². The average Bonchev–Trinajstić information content (AvgIpc) is 2.33. The van der Waals surface area contributed by atoms with Crippen molar-refractivity contribution in [3.05, 3.63) is 18.2 Å². The van der Waals surface area contributed by atoms with Crippen LogP contribution in [-0.4, -0.2) is 24.7 Å². The Labute approximate surface area is 101 Å². The molecule has 0 radical (unpaired) electrons. The summed E-state index contributed by atoms with van der Waals surface area (Å²) >= 11 is 2.03. The summed E-state index contributed by atoms with van der Waals surface area (Å²) in [6, 6.07) is 6.36. The lowest BCUT2D eigenvalue weighted by Crippen LogP contribution is -2.24. The Morgan fingerprint density at radius 3 is 2.75 bits per heavy atom. The third kappa shape index (κ3) is 2.76. The summed E-state index contributed by atoms with van der Waals surface area (Å²) in [6.45, 7) is 0. The minimum absolute atomic E-state index is 0.567. The van der Waals surface area contributed by atoms with Crippen LogP contribution in [0.25, 0.3) is 0 Å². The van der Waals surface area contributed by atoms with E-state index in [-0.39, 0.29) is 0 Å². The normalized spacial score (nSPS) is 17.1. The Morgan fingerprint density at radius 2 is 2.12 bits per heavy atom. The Kier molecular flexibility index (Phi) is 3.83. The zero-order valence-corrected chi connectivity index (χ0v) is 10.3. The smallest absolute Gasteiger partial charge is 0.121 e. The summed E-state index contributed by atoms with van der Waals surface area (Å²) in [7, 11) is 1.65. The van der Waals surface area contributed by atoms with E-state index in [1.165, 1.54) is 24.3 Å². The number of hydrogen-bond donors (Lipinski definition) is 2. The molecule has 1 heterocycles. The molecular weight excluding hydrogens is 220 g/mol. The molecule has 1 aliphatic rings. The van der Waals surface area contributed by atoms with Gasteiger partial charge < -0.3 is 15.8 Å². The lowest BCUT2D eigenvalue weighted by molar-refractivity contribution is 0.415. The van der Waals surface area contributed by atoms with Gasteiger partial charge in [-0.1, -0.05) is 0 Å². The van der Waals surface area contributed by atoms with Crippen LogP contribution < -0.4 is 15.8 Å². The minimum Gasteiger partial charge on any atom is -0.497 e. The number of thioether (sulfide) groups is 1. The Morgan fingerprint density at radius 1 is 1.38 bits per heavy atom. The SMILES string of the molecule is COc1ccc(NC2CCSCC2)c(N)c1. The van der Waals surface area contributed by atoms with E-state index < -0.39 is 0 Å². The molecular formula is C12H18N2OS. The van der Waals surface area contributed by atoms with Crippen molar-refractivity contribution in [3.63, 3.8) is 0 Å². The van der Waals surface area contributed by atoms with Crippen LogP contribution >= 0.6 is 11.8 Å². The molecule has 0 aromatic heterocycles. The molecule has 0 bridgehead atoms. The highest BCUT2D eigenvalue weighted by Gasteiger charge is 2.14. The van der Waals surface area contributed by atoms with E-state index >= 15 is 0 Å². The highest BCUT2D eigenvalue weighted by Crippen LogP contribution is 2.27. The first-order chi connectivity index (χ1) is 7.79. The van der Waals surface area contributed by atoms with Gasteiger partial charge in [-0.15, -0.1) is 0 Å². The van der Waals surface area contributed by atoms with Crippen LogP contribution in [0.3, 0.4) is 0 Å². The largest absolute Gasteiger partial charge is 0.497 e. The molecule has 0 aliphatic carbocycles. The molecule has 0 unspecified atom stereocenters. The third-order valence-corrected chi connectivity index (χ3v) is 3.89. The van der Waals surface area contributed by atoms with Crippen LogP contribution in [0.1, 0.15) is 12.8 Å². The molecule has 4 heteroatoms. The maximum Gasteiger partial charge on any atom is 0.121 e. The first-order valence-corrected chi connectivity index (χ1v) is 6.73. The van der Waals surface area contributed by atoms with Gasteiger partial charge in [0.15, 0.2) is 0 Å². The zero-order valence-electron chi connectivity index (χ0n) is 9.53. The van der Waals surface area contributed by atoms with Crippen molar-refractivity contribution in [2.24, 2.45) is 0 Å². The molecule has 1 saturated heterocycles. The van der Waals surface area contributed by atoms with Crippen molar-refractivity contribution >= 4 is 23.1 Å². The van der Waals surface area contributed by atoms with E-state index in [9.17, 15) is 0 Å². The van der Waals surface area contributed by atoms with E-state index in [2.05, 4.69) is 5.32 Å². The standard InChI is InChI=1S/C12H18N2OS/c1-15-10-2-3-12(11(13)8-10)14-9-4-6-16-7-5-9/h2-3,8-9,14H,4-7,13H2,1H3. The number of hydrogen-bond acceptors (Lipinski definition) is 4. The number of ether oxygens (including phenoxy) is 1. The Balaban J connectivity index is 2.03. The van der Waals surface area contributed by atoms with Crippen LogP contribution in [-0.2, 0) is 0 Å². The van der Waals surface area contributed by atoms with E-state index in [0.29, 0.717) is 6.04 Å². The van der Waals surface area contributed by atoms with Gasteiger partial charge in [-0.3, -0.25) is 0 Å². The maximum atomic E-state index is 5.97. The highest BCUT2D eigenvalue weighted by molar-refractivity contribution is 7.99.